The molecule has 0 atom stereocenters. The molecular weight excluding hydrogens is 536 g/mol. The van der Waals surface area contributed by atoms with Crippen LogP contribution in [0.25, 0.3) is 21.8 Å². The van der Waals surface area contributed by atoms with Crippen LogP contribution in [0.2, 0.25) is 0 Å². The first-order valence-corrected chi connectivity index (χ1v) is 14.1. The fourth-order valence-electron chi connectivity index (χ4n) is 4.71. The SMILES string of the molecule is CC(C)CCOc1cc(C[n+]2cn(CCC(C)C)c3ccccc32)c(OCCC(C)C)c2ccccc12.[Br-]. The highest BCUT2D eigenvalue weighted by Gasteiger charge is 2.21. The molecule has 1 aromatic heterocycles. The maximum atomic E-state index is 6.55. The summed E-state index contributed by atoms with van der Waals surface area (Å²) in [6, 6.07) is 19.5. The average molecular weight is 582 g/mol. The van der Waals surface area contributed by atoms with Gasteiger partial charge in [-0.15, -0.1) is 0 Å². The van der Waals surface area contributed by atoms with Crippen molar-refractivity contribution in [1.82, 2.24) is 4.57 Å². The Balaban J connectivity index is 0.00000400. The molecule has 0 saturated carbocycles. The summed E-state index contributed by atoms with van der Waals surface area (Å²) in [5, 5.41) is 2.26. The van der Waals surface area contributed by atoms with E-state index in [0.29, 0.717) is 24.4 Å². The van der Waals surface area contributed by atoms with E-state index in [1.807, 2.05) is 0 Å². The van der Waals surface area contributed by atoms with E-state index in [2.05, 4.69) is 112 Å². The summed E-state index contributed by atoms with van der Waals surface area (Å²) in [5.41, 5.74) is 3.69. The maximum Gasteiger partial charge on any atom is 0.245 e. The Kier molecular flexibility index (Phi) is 11.1. The van der Waals surface area contributed by atoms with E-state index in [9.17, 15) is 0 Å². The molecule has 0 N–H and O–H groups in total. The van der Waals surface area contributed by atoms with Crippen LogP contribution in [0, 0.1) is 17.8 Å². The summed E-state index contributed by atoms with van der Waals surface area (Å²) >= 11 is 0. The van der Waals surface area contributed by atoms with E-state index in [-0.39, 0.29) is 17.0 Å². The van der Waals surface area contributed by atoms with Crippen molar-refractivity contribution in [3.63, 3.8) is 0 Å². The predicted molar refractivity (Wildman–Crippen MR) is 155 cm³/mol. The highest BCUT2D eigenvalue weighted by atomic mass is 79.9. The Morgan fingerprint density at radius 3 is 2.03 bits per heavy atom. The maximum absolute atomic E-state index is 6.55. The first-order valence-electron chi connectivity index (χ1n) is 14.1. The minimum Gasteiger partial charge on any atom is -1.00 e. The average Bonchev–Trinajstić information content (AvgIpc) is 3.21. The minimum absolute atomic E-state index is 0. The number of fused-ring (bicyclic) bond motifs is 2. The molecule has 5 heteroatoms. The number of aromatic nitrogens is 2. The second-order valence-electron chi connectivity index (χ2n) is 11.6. The quantitative estimate of drug-likeness (QED) is 0.207. The summed E-state index contributed by atoms with van der Waals surface area (Å²) < 4.78 is 17.7. The lowest BCUT2D eigenvalue weighted by atomic mass is 10.0. The molecule has 0 spiro atoms. The topological polar surface area (TPSA) is 27.3 Å². The number of nitrogens with zero attached hydrogens (tertiary/aromatic N) is 2. The smallest absolute Gasteiger partial charge is 0.245 e. The van der Waals surface area contributed by atoms with Crippen molar-refractivity contribution in [2.75, 3.05) is 13.2 Å². The number of hydrogen-bond donors (Lipinski definition) is 0. The molecule has 4 rings (SSSR count). The monoisotopic (exact) mass is 580 g/mol. The van der Waals surface area contributed by atoms with Crippen molar-refractivity contribution < 1.29 is 31.0 Å². The standard InChI is InChI=1S/C33H45N2O2.BrH/c1-24(2)15-18-34-23-35(31-14-10-9-13-30(31)34)22-27-21-32(36-19-16-25(3)4)28-11-7-8-12-29(28)33(27)37-20-17-26(5)6;/h7-14,21,23-26H,15-20,22H2,1-6H3;1H/q+1;/p-1. The van der Waals surface area contributed by atoms with Gasteiger partial charge in [0.15, 0.2) is 11.0 Å². The lowest BCUT2D eigenvalue weighted by molar-refractivity contribution is -0.663. The van der Waals surface area contributed by atoms with Crippen molar-refractivity contribution in [1.29, 1.82) is 0 Å². The van der Waals surface area contributed by atoms with Crippen molar-refractivity contribution >= 4 is 21.8 Å². The van der Waals surface area contributed by atoms with E-state index >= 15 is 0 Å². The molecule has 4 nitrogen and oxygen atoms in total. The molecule has 0 amide bonds. The van der Waals surface area contributed by atoms with Crippen LogP contribution < -0.4 is 31.0 Å². The number of ether oxygens (including phenoxy) is 2. The fraction of sp³-hybridized carbons (Fsp3) is 0.485. The summed E-state index contributed by atoms with van der Waals surface area (Å²) in [6.45, 7) is 16.7. The molecule has 0 radical (unpaired) electrons. The third-order valence-electron chi connectivity index (χ3n) is 7.00. The molecule has 1 heterocycles. The molecule has 0 aliphatic carbocycles. The normalized spacial score (nSPS) is 11.6. The number of para-hydroxylation sites is 2. The number of rotatable bonds is 13. The van der Waals surface area contributed by atoms with E-state index < -0.39 is 0 Å². The summed E-state index contributed by atoms with van der Waals surface area (Å²) in [5.74, 6) is 3.81. The molecule has 4 aromatic rings. The zero-order valence-corrected chi connectivity index (χ0v) is 25.6. The number of imidazole rings is 1. The second kappa shape index (κ2) is 14.0. The van der Waals surface area contributed by atoms with Gasteiger partial charge in [-0.25, -0.2) is 9.13 Å². The highest BCUT2D eigenvalue weighted by molar-refractivity contribution is 5.94. The Morgan fingerprint density at radius 2 is 1.34 bits per heavy atom. The number of aryl methyl sites for hydroxylation is 1. The third kappa shape index (κ3) is 7.53. The number of benzene rings is 3. The van der Waals surface area contributed by atoms with Gasteiger partial charge in [-0.05, 0) is 55.2 Å². The Bertz CT molecular complexity index is 1310. The largest absolute Gasteiger partial charge is 1.00 e. The van der Waals surface area contributed by atoms with Crippen LogP contribution in [-0.2, 0) is 13.1 Å². The zero-order valence-electron chi connectivity index (χ0n) is 24.0. The minimum atomic E-state index is 0. The van der Waals surface area contributed by atoms with Gasteiger partial charge in [-0.2, -0.15) is 0 Å². The van der Waals surface area contributed by atoms with Crippen LogP contribution in [0.15, 0.2) is 60.9 Å². The Hall–Kier alpha value is -2.53. The van der Waals surface area contributed by atoms with Gasteiger partial charge in [0.05, 0.1) is 19.8 Å². The van der Waals surface area contributed by atoms with Gasteiger partial charge < -0.3 is 26.5 Å². The van der Waals surface area contributed by atoms with E-state index in [4.69, 9.17) is 9.47 Å². The van der Waals surface area contributed by atoms with Crippen LogP contribution in [0.4, 0.5) is 0 Å². The van der Waals surface area contributed by atoms with Gasteiger partial charge in [0.25, 0.3) is 0 Å². The van der Waals surface area contributed by atoms with Crippen LogP contribution in [0.3, 0.4) is 0 Å². The molecule has 0 fully saturated rings. The van der Waals surface area contributed by atoms with Crippen molar-refractivity contribution in [2.24, 2.45) is 17.8 Å². The second-order valence-corrected chi connectivity index (χ2v) is 11.6. The van der Waals surface area contributed by atoms with Crippen molar-refractivity contribution in [2.45, 2.75) is 73.9 Å². The van der Waals surface area contributed by atoms with E-state index in [0.717, 1.165) is 61.2 Å². The van der Waals surface area contributed by atoms with Gasteiger partial charge in [0.2, 0.25) is 6.33 Å². The van der Waals surface area contributed by atoms with Crippen LogP contribution >= 0.6 is 0 Å². The summed E-state index contributed by atoms with van der Waals surface area (Å²) in [7, 11) is 0. The lowest BCUT2D eigenvalue weighted by Crippen LogP contribution is -3.00. The molecule has 0 aliphatic rings. The fourth-order valence-corrected chi connectivity index (χ4v) is 4.71. The van der Waals surface area contributed by atoms with Crippen molar-refractivity contribution in [3.05, 3.63) is 66.5 Å². The summed E-state index contributed by atoms with van der Waals surface area (Å²) in [6.07, 6.45) is 5.50. The van der Waals surface area contributed by atoms with Gasteiger partial charge in [-0.3, -0.25) is 0 Å². The van der Waals surface area contributed by atoms with Gasteiger partial charge in [0.1, 0.15) is 18.0 Å². The van der Waals surface area contributed by atoms with E-state index in [1.165, 1.54) is 16.6 Å². The van der Waals surface area contributed by atoms with Crippen molar-refractivity contribution in [3.8, 4) is 11.5 Å². The molecule has 0 unspecified atom stereocenters. The molecular formula is C33H45BrN2O2. The molecule has 0 saturated heterocycles. The lowest BCUT2D eigenvalue weighted by Gasteiger charge is -2.18. The molecule has 3 aromatic carbocycles. The van der Waals surface area contributed by atoms with E-state index in [1.54, 1.807) is 0 Å². The van der Waals surface area contributed by atoms with Gasteiger partial charge in [-0.1, -0.05) is 77.9 Å². The summed E-state index contributed by atoms with van der Waals surface area (Å²) in [4.78, 5) is 0. The molecule has 206 valence electrons. The zero-order chi connectivity index (χ0) is 26.4. The van der Waals surface area contributed by atoms with Gasteiger partial charge in [0, 0.05) is 16.3 Å². The Morgan fingerprint density at radius 1 is 0.737 bits per heavy atom. The molecule has 38 heavy (non-hydrogen) atoms. The predicted octanol–water partition coefficient (Wildman–Crippen LogP) is 5.03. The third-order valence-corrected chi connectivity index (χ3v) is 7.00. The highest BCUT2D eigenvalue weighted by Crippen LogP contribution is 2.37. The first-order chi connectivity index (χ1) is 17.8. The van der Waals surface area contributed by atoms with Crippen LogP contribution in [0.1, 0.15) is 66.4 Å². The molecule has 0 aliphatic heterocycles. The number of halogens is 1. The number of hydrogen-bond acceptors (Lipinski definition) is 2. The van der Waals surface area contributed by atoms with Crippen LogP contribution in [-0.4, -0.2) is 17.8 Å². The van der Waals surface area contributed by atoms with Gasteiger partial charge >= 0.3 is 0 Å². The van der Waals surface area contributed by atoms with Crippen LogP contribution in [0.5, 0.6) is 11.5 Å². The first kappa shape index (κ1) is 30.0. The Labute approximate surface area is 239 Å². The molecule has 0 bridgehead atoms.